The second kappa shape index (κ2) is 6.40. The van der Waals surface area contributed by atoms with Gasteiger partial charge in [-0.1, -0.05) is 0 Å². The van der Waals surface area contributed by atoms with E-state index >= 15 is 0 Å². The molecule has 3 nitrogen and oxygen atoms in total. The van der Waals surface area contributed by atoms with E-state index in [1.165, 1.54) is 11.3 Å². The maximum Gasteiger partial charge on any atom is 0.261 e. The molecule has 0 radical (unpaired) electrons. The van der Waals surface area contributed by atoms with Crippen LogP contribution < -0.4 is 11.1 Å². The van der Waals surface area contributed by atoms with Crippen LogP contribution in [0.4, 0.5) is 0 Å². The maximum atomic E-state index is 11.5. The topological polar surface area (TPSA) is 55.1 Å². The molecule has 3 N–H and O–H groups in total. The molecular weight excluding hydrogens is 288 g/mol. The van der Waals surface area contributed by atoms with Gasteiger partial charge in [0.25, 0.3) is 5.91 Å². The van der Waals surface area contributed by atoms with Crippen LogP contribution in [0.3, 0.4) is 0 Å². The average molecular weight is 300 g/mol. The largest absolute Gasteiger partial charge is 0.348 e. The van der Waals surface area contributed by atoms with Gasteiger partial charge in [0.05, 0.1) is 8.66 Å². The van der Waals surface area contributed by atoms with Crippen molar-refractivity contribution in [3.8, 4) is 0 Å². The lowest BCUT2D eigenvalue weighted by Crippen LogP contribution is -2.37. The molecule has 14 heavy (non-hydrogen) atoms. The summed E-state index contributed by atoms with van der Waals surface area (Å²) in [6.45, 7) is 2.33. The van der Waals surface area contributed by atoms with Crippen molar-refractivity contribution in [3.63, 3.8) is 0 Å². The number of nitrogens with one attached hydrogen (secondary N) is 1. The number of carbonyl (C=O) groups is 1. The van der Waals surface area contributed by atoms with Crippen molar-refractivity contribution in [1.29, 1.82) is 0 Å². The van der Waals surface area contributed by atoms with E-state index in [0.717, 1.165) is 3.79 Å². The van der Waals surface area contributed by atoms with E-state index in [0.29, 0.717) is 11.4 Å². The minimum absolute atomic E-state index is 0. The summed E-state index contributed by atoms with van der Waals surface area (Å²) in [6, 6.07) is 3.66. The Kier molecular flexibility index (Phi) is 6.35. The third-order valence-corrected chi connectivity index (χ3v) is 3.15. The van der Waals surface area contributed by atoms with Crippen LogP contribution in [-0.2, 0) is 0 Å². The number of halogens is 2. The first-order chi connectivity index (χ1) is 6.13. The Hall–Kier alpha value is -0.100. The van der Waals surface area contributed by atoms with E-state index in [2.05, 4.69) is 21.2 Å². The van der Waals surface area contributed by atoms with Crippen molar-refractivity contribution < 1.29 is 4.79 Å². The Morgan fingerprint density at radius 1 is 1.71 bits per heavy atom. The number of thiophene rings is 1. The summed E-state index contributed by atoms with van der Waals surface area (Å²) in [6.07, 6.45) is 0. The van der Waals surface area contributed by atoms with Gasteiger partial charge in [0.2, 0.25) is 0 Å². The lowest BCUT2D eigenvalue weighted by atomic mass is 10.3. The fraction of sp³-hybridized carbons (Fsp3) is 0.375. The molecule has 1 rings (SSSR count). The zero-order valence-corrected chi connectivity index (χ0v) is 10.8. The lowest BCUT2D eigenvalue weighted by molar-refractivity contribution is 0.0945. The van der Waals surface area contributed by atoms with Gasteiger partial charge in [0, 0.05) is 12.6 Å². The molecule has 0 saturated carbocycles. The van der Waals surface area contributed by atoms with Gasteiger partial charge in [-0.3, -0.25) is 4.79 Å². The number of rotatable bonds is 3. The SMILES string of the molecule is C[C@H](CN)NC(=O)c1ccc(Br)s1.Cl. The van der Waals surface area contributed by atoms with Crippen molar-refractivity contribution in [3.05, 3.63) is 20.8 Å². The molecule has 0 aliphatic carbocycles. The fourth-order valence-electron chi connectivity index (χ4n) is 0.790. The van der Waals surface area contributed by atoms with Crippen LogP contribution >= 0.6 is 39.7 Å². The first kappa shape index (κ1) is 13.9. The summed E-state index contributed by atoms with van der Waals surface area (Å²) in [5.74, 6) is -0.0614. The molecule has 0 aliphatic heterocycles. The van der Waals surface area contributed by atoms with Gasteiger partial charge >= 0.3 is 0 Å². The second-order valence-electron chi connectivity index (χ2n) is 2.71. The smallest absolute Gasteiger partial charge is 0.261 e. The number of hydrogen-bond donors (Lipinski definition) is 2. The predicted molar refractivity (Wildman–Crippen MR) is 65.2 cm³/mol. The number of carbonyl (C=O) groups excluding carboxylic acids is 1. The third-order valence-electron chi connectivity index (χ3n) is 1.53. The van der Waals surface area contributed by atoms with E-state index in [1.807, 2.05) is 13.0 Å². The Bertz CT molecular complexity index is 305. The van der Waals surface area contributed by atoms with E-state index in [1.54, 1.807) is 6.07 Å². The summed E-state index contributed by atoms with van der Waals surface area (Å²) >= 11 is 4.71. The van der Waals surface area contributed by atoms with Gasteiger partial charge in [-0.05, 0) is 35.0 Å². The standard InChI is InChI=1S/C8H11BrN2OS.ClH/c1-5(4-10)11-8(12)6-2-3-7(9)13-6;/h2-3,5H,4,10H2,1H3,(H,11,12);1H/t5-;/m1./s1. The van der Waals surface area contributed by atoms with Crippen molar-refractivity contribution in [2.75, 3.05) is 6.54 Å². The van der Waals surface area contributed by atoms with Crippen LogP contribution in [0.2, 0.25) is 0 Å². The summed E-state index contributed by atoms with van der Waals surface area (Å²) < 4.78 is 0.957. The van der Waals surface area contributed by atoms with Gasteiger partial charge in [0.15, 0.2) is 0 Å². The Morgan fingerprint density at radius 3 is 2.79 bits per heavy atom. The van der Waals surface area contributed by atoms with Crippen LogP contribution in [0.15, 0.2) is 15.9 Å². The predicted octanol–water partition coefficient (Wildman–Crippen LogP) is 2.01. The molecule has 0 fully saturated rings. The van der Waals surface area contributed by atoms with Crippen LogP contribution in [-0.4, -0.2) is 18.5 Å². The summed E-state index contributed by atoms with van der Waals surface area (Å²) in [5, 5.41) is 2.78. The van der Waals surface area contributed by atoms with Gasteiger partial charge < -0.3 is 11.1 Å². The number of hydrogen-bond acceptors (Lipinski definition) is 3. The molecule has 0 spiro atoms. The Morgan fingerprint density at radius 2 is 2.36 bits per heavy atom. The van der Waals surface area contributed by atoms with Crippen molar-refractivity contribution in [2.24, 2.45) is 5.73 Å². The molecule has 0 saturated heterocycles. The normalized spacial score (nSPS) is 11.6. The fourth-order valence-corrected chi connectivity index (χ4v) is 2.08. The first-order valence-electron chi connectivity index (χ1n) is 3.89. The van der Waals surface area contributed by atoms with E-state index in [9.17, 15) is 4.79 Å². The van der Waals surface area contributed by atoms with E-state index < -0.39 is 0 Å². The molecule has 1 atom stereocenters. The summed E-state index contributed by atoms with van der Waals surface area (Å²) in [7, 11) is 0. The highest BCUT2D eigenvalue weighted by atomic mass is 79.9. The maximum absolute atomic E-state index is 11.5. The highest BCUT2D eigenvalue weighted by molar-refractivity contribution is 9.11. The average Bonchev–Trinajstić information content (AvgIpc) is 2.51. The zero-order chi connectivity index (χ0) is 9.84. The zero-order valence-electron chi connectivity index (χ0n) is 7.62. The number of amides is 1. The quantitative estimate of drug-likeness (QED) is 0.897. The van der Waals surface area contributed by atoms with Crippen LogP contribution in [0.1, 0.15) is 16.6 Å². The van der Waals surface area contributed by atoms with Gasteiger partial charge in [-0.2, -0.15) is 0 Å². The van der Waals surface area contributed by atoms with Crippen LogP contribution in [0, 0.1) is 0 Å². The highest BCUT2D eigenvalue weighted by Crippen LogP contribution is 2.21. The molecular formula is C8H12BrClN2OS. The van der Waals surface area contributed by atoms with Crippen LogP contribution in [0.5, 0.6) is 0 Å². The molecule has 1 amide bonds. The molecule has 6 heteroatoms. The Labute approximate surface area is 102 Å². The minimum Gasteiger partial charge on any atom is -0.348 e. The lowest BCUT2D eigenvalue weighted by Gasteiger charge is -2.09. The molecule has 1 aromatic heterocycles. The third kappa shape index (κ3) is 3.96. The van der Waals surface area contributed by atoms with E-state index in [-0.39, 0.29) is 24.4 Å². The molecule has 1 aromatic rings. The minimum atomic E-state index is -0.0614. The molecule has 0 aliphatic rings. The monoisotopic (exact) mass is 298 g/mol. The first-order valence-corrected chi connectivity index (χ1v) is 5.50. The summed E-state index contributed by atoms with van der Waals surface area (Å²) in [5.41, 5.74) is 5.38. The van der Waals surface area contributed by atoms with E-state index in [4.69, 9.17) is 5.73 Å². The molecule has 0 unspecified atom stereocenters. The Balaban J connectivity index is 0.00000169. The molecule has 1 heterocycles. The molecule has 0 aromatic carbocycles. The second-order valence-corrected chi connectivity index (χ2v) is 5.18. The molecule has 80 valence electrons. The van der Waals surface area contributed by atoms with Gasteiger partial charge in [-0.25, -0.2) is 0 Å². The van der Waals surface area contributed by atoms with Gasteiger partial charge in [-0.15, -0.1) is 23.7 Å². The van der Waals surface area contributed by atoms with Crippen LogP contribution in [0.25, 0.3) is 0 Å². The number of nitrogens with two attached hydrogens (primary N) is 1. The van der Waals surface area contributed by atoms with Crippen molar-refractivity contribution in [2.45, 2.75) is 13.0 Å². The van der Waals surface area contributed by atoms with Crippen molar-refractivity contribution in [1.82, 2.24) is 5.32 Å². The van der Waals surface area contributed by atoms with Gasteiger partial charge in [0.1, 0.15) is 0 Å². The van der Waals surface area contributed by atoms with Crippen molar-refractivity contribution >= 4 is 45.6 Å². The molecule has 0 bridgehead atoms. The highest BCUT2D eigenvalue weighted by Gasteiger charge is 2.10. The summed E-state index contributed by atoms with van der Waals surface area (Å²) in [4.78, 5) is 12.2.